The maximum Gasteiger partial charge on any atom is 0.187 e. The van der Waals surface area contributed by atoms with Gasteiger partial charge in [0.2, 0.25) is 0 Å². The zero-order chi connectivity index (χ0) is 8.97. The van der Waals surface area contributed by atoms with E-state index in [-0.39, 0.29) is 0 Å². The Labute approximate surface area is 72.3 Å². The number of hydrogen-bond acceptors (Lipinski definition) is 1. The fraction of sp³-hybridized carbons (Fsp3) is 0.300. The number of aromatic hydroxyl groups is 1. The summed E-state index contributed by atoms with van der Waals surface area (Å²) in [5.41, 5.74) is 1.46. The van der Waals surface area contributed by atoms with Gasteiger partial charge in [-0.3, -0.25) is 0 Å². The van der Waals surface area contributed by atoms with Gasteiger partial charge >= 0.3 is 0 Å². The molecule has 1 aromatic carbocycles. The zero-order valence-electron chi connectivity index (χ0n) is 7.04. The molecule has 0 aromatic heterocycles. The Balaban J connectivity index is 3.01. The van der Waals surface area contributed by atoms with Gasteiger partial charge in [0.1, 0.15) is 5.75 Å². The summed E-state index contributed by atoms with van der Waals surface area (Å²) >= 11 is 0. The molecule has 0 fully saturated rings. The molecule has 0 aliphatic carbocycles. The predicted octanol–water partition coefficient (Wildman–Crippen LogP) is 2.90. The van der Waals surface area contributed by atoms with Crippen LogP contribution in [0.5, 0.6) is 5.75 Å². The monoisotopic (exact) mass is 161 g/mol. The van der Waals surface area contributed by atoms with Crippen LogP contribution in [0.4, 0.5) is 5.69 Å². The quantitative estimate of drug-likeness (QED) is 0.663. The van der Waals surface area contributed by atoms with Crippen LogP contribution in [0.2, 0.25) is 0 Å². The van der Waals surface area contributed by atoms with E-state index in [0.717, 1.165) is 18.4 Å². The SMILES string of the molecule is [C-]#[N+]c1ccc(O)c(CCC)c1. The number of hydrogen-bond donors (Lipinski definition) is 1. The fourth-order valence-electron chi connectivity index (χ4n) is 1.11. The highest BCUT2D eigenvalue weighted by Crippen LogP contribution is 2.24. The second-order valence-electron chi connectivity index (χ2n) is 2.67. The van der Waals surface area contributed by atoms with Crippen LogP contribution < -0.4 is 0 Å². The first-order chi connectivity index (χ1) is 5.77. The summed E-state index contributed by atoms with van der Waals surface area (Å²) in [5, 5.41) is 9.36. The smallest absolute Gasteiger partial charge is 0.187 e. The van der Waals surface area contributed by atoms with E-state index in [2.05, 4.69) is 4.85 Å². The predicted molar refractivity (Wildman–Crippen MR) is 48.4 cm³/mol. The number of aryl methyl sites for hydroxylation is 1. The minimum Gasteiger partial charge on any atom is -0.508 e. The van der Waals surface area contributed by atoms with E-state index >= 15 is 0 Å². The van der Waals surface area contributed by atoms with Crippen LogP contribution in [-0.4, -0.2) is 5.11 Å². The Bertz CT molecular complexity index is 312. The van der Waals surface area contributed by atoms with Gasteiger partial charge in [-0.25, -0.2) is 4.85 Å². The lowest BCUT2D eigenvalue weighted by atomic mass is 10.1. The van der Waals surface area contributed by atoms with E-state index in [1.807, 2.05) is 6.92 Å². The molecule has 12 heavy (non-hydrogen) atoms. The van der Waals surface area contributed by atoms with E-state index in [4.69, 9.17) is 6.57 Å². The van der Waals surface area contributed by atoms with Crippen LogP contribution >= 0.6 is 0 Å². The van der Waals surface area contributed by atoms with Gasteiger partial charge in [0.25, 0.3) is 0 Å². The van der Waals surface area contributed by atoms with Gasteiger partial charge in [-0.1, -0.05) is 19.4 Å². The van der Waals surface area contributed by atoms with Crippen molar-refractivity contribution in [3.05, 3.63) is 35.2 Å². The molecule has 1 aromatic rings. The van der Waals surface area contributed by atoms with Crippen molar-refractivity contribution in [2.45, 2.75) is 19.8 Å². The van der Waals surface area contributed by atoms with Crippen LogP contribution in [0.25, 0.3) is 4.85 Å². The van der Waals surface area contributed by atoms with E-state index in [0.29, 0.717) is 11.4 Å². The lowest BCUT2D eigenvalue weighted by molar-refractivity contribution is 0.468. The van der Waals surface area contributed by atoms with Crippen LogP contribution in [-0.2, 0) is 6.42 Å². The molecule has 0 aliphatic heterocycles. The minimum absolute atomic E-state index is 0.296. The molecule has 0 aliphatic rings. The first-order valence-corrected chi connectivity index (χ1v) is 3.97. The first-order valence-electron chi connectivity index (χ1n) is 3.97. The average Bonchev–Trinajstić information content (AvgIpc) is 2.09. The van der Waals surface area contributed by atoms with Gasteiger partial charge in [-0.15, -0.1) is 0 Å². The summed E-state index contributed by atoms with van der Waals surface area (Å²) in [4.78, 5) is 3.29. The largest absolute Gasteiger partial charge is 0.508 e. The second-order valence-corrected chi connectivity index (χ2v) is 2.67. The number of phenolic OH excluding ortho intramolecular Hbond substituents is 1. The Hall–Kier alpha value is -1.49. The van der Waals surface area contributed by atoms with Crippen molar-refractivity contribution in [2.75, 3.05) is 0 Å². The first kappa shape index (κ1) is 8.61. The van der Waals surface area contributed by atoms with Crippen molar-refractivity contribution in [1.82, 2.24) is 0 Å². The molecule has 1 N–H and O–H groups in total. The normalized spacial score (nSPS) is 9.33. The van der Waals surface area contributed by atoms with Gasteiger partial charge < -0.3 is 5.11 Å². The van der Waals surface area contributed by atoms with Crippen LogP contribution in [0.3, 0.4) is 0 Å². The highest BCUT2D eigenvalue weighted by atomic mass is 16.3. The molecule has 62 valence electrons. The van der Waals surface area contributed by atoms with Crippen LogP contribution in [0.15, 0.2) is 18.2 Å². The minimum atomic E-state index is 0.296. The lowest BCUT2D eigenvalue weighted by Crippen LogP contribution is -1.82. The lowest BCUT2D eigenvalue weighted by Gasteiger charge is -2.02. The molecule has 0 unspecified atom stereocenters. The van der Waals surface area contributed by atoms with Gasteiger partial charge in [-0.05, 0) is 24.1 Å². The van der Waals surface area contributed by atoms with Crippen molar-refractivity contribution in [2.24, 2.45) is 0 Å². The third kappa shape index (κ3) is 1.76. The number of rotatable bonds is 2. The summed E-state index contributed by atoms with van der Waals surface area (Å²) in [6.07, 6.45) is 1.81. The van der Waals surface area contributed by atoms with E-state index < -0.39 is 0 Å². The third-order valence-corrected chi connectivity index (χ3v) is 1.71. The van der Waals surface area contributed by atoms with Gasteiger partial charge in [-0.2, -0.15) is 0 Å². The molecule has 0 saturated carbocycles. The Morgan fingerprint density at radius 2 is 2.25 bits per heavy atom. The van der Waals surface area contributed by atoms with Crippen molar-refractivity contribution < 1.29 is 5.11 Å². The molecule has 0 saturated heterocycles. The molecule has 0 heterocycles. The van der Waals surface area contributed by atoms with Crippen LogP contribution in [0, 0.1) is 6.57 Å². The number of nitrogens with zero attached hydrogens (tertiary/aromatic N) is 1. The molecule has 0 spiro atoms. The Kier molecular flexibility index (Phi) is 2.71. The maximum atomic E-state index is 9.36. The standard InChI is InChI=1S/C10H11NO/c1-3-4-8-7-9(11-2)5-6-10(8)12/h5-7,12H,3-4H2,1H3. The summed E-state index contributed by atoms with van der Waals surface area (Å²) in [7, 11) is 0. The summed E-state index contributed by atoms with van der Waals surface area (Å²) in [5.74, 6) is 0.296. The van der Waals surface area contributed by atoms with Gasteiger partial charge in [0.05, 0.1) is 6.57 Å². The number of benzene rings is 1. The fourth-order valence-corrected chi connectivity index (χ4v) is 1.11. The molecule has 2 nitrogen and oxygen atoms in total. The molecular weight excluding hydrogens is 150 g/mol. The summed E-state index contributed by atoms with van der Waals surface area (Å²) < 4.78 is 0. The highest BCUT2D eigenvalue weighted by molar-refractivity contribution is 5.51. The molecule has 0 amide bonds. The molecule has 2 heteroatoms. The van der Waals surface area contributed by atoms with E-state index in [1.54, 1.807) is 18.2 Å². The maximum absolute atomic E-state index is 9.36. The Morgan fingerprint density at radius 3 is 2.83 bits per heavy atom. The van der Waals surface area contributed by atoms with Crippen LogP contribution in [0.1, 0.15) is 18.9 Å². The van der Waals surface area contributed by atoms with E-state index in [1.165, 1.54) is 0 Å². The summed E-state index contributed by atoms with van der Waals surface area (Å²) in [6, 6.07) is 4.95. The van der Waals surface area contributed by atoms with Crippen molar-refractivity contribution >= 4 is 5.69 Å². The van der Waals surface area contributed by atoms with Crippen molar-refractivity contribution in [3.63, 3.8) is 0 Å². The van der Waals surface area contributed by atoms with Crippen molar-refractivity contribution in [1.29, 1.82) is 0 Å². The molecule has 0 atom stereocenters. The summed E-state index contributed by atoms with van der Waals surface area (Å²) in [6.45, 7) is 8.83. The molecule has 0 radical (unpaired) electrons. The van der Waals surface area contributed by atoms with Gasteiger partial charge in [0, 0.05) is 0 Å². The molecule has 0 bridgehead atoms. The number of phenols is 1. The third-order valence-electron chi connectivity index (χ3n) is 1.71. The van der Waals surface area contributed by atoms with Gasteiger partial charge in [0.15, 0.2) is 5.69 Å². The van der Waals surface area contributed by atoms with Crippen molar-refractivity contribution in [3.8, 4) is 5.75 Å². The van der Waals surface area contributed by atoms with E-state index in [9.17, 15) is 5.11 Å². The topological polar surface area (TPSA) is 24.6 Å². The average molecular weight is 161 g/mol. The Morgan fingerprint density at radius 1 is 1.50 bits per heavy atom. The molecule has 1 rings (SSSR count). The second kappa shape index (κ2) is 3.77. The molecular formula is C10H11NO. The highest BCUT2D eigenvalue weighted by Gasteiger charge is 2.00. The zero-order valence-corrected chi connectivity index (χ0v) is 7.04.